The number of aromatic hydroxyl groups is 4. The Morgan fingerprint density at radius 2 is 1.36 bits per heavy atom. The third kappa shape index (κ3) is 9.40. The Kier molecular flexibility index (Phi) is 13.3. The van der Waals surface area contributed by atoms with Crippen molar-refractivity contribution in [3.63, 3.8) is 0 Å². The van der Waals surface area contributed by atoms with E-state index in [1.165, 1.54) is 36.4 Å². The van der Waals surface area contributed by atoms with Crippen LogP contribution in [0.1, 0.15) is 10.4 Å². The zero-order valence-corrected chi connectivity index (χ0v) is 32.2. The van der Waals surface area contributed by atoms with Gasteiger partial charge in [-0.05, 0) is 36.4 Å². The highest BCUT2D eigenvalue weighted by molar-refractivity contribution is 6.30. The van der Waals surface area contributed by atoms with Gasteiger partial charge in [0.25, 0.3) is 0 Å². The number of fused-ring (bicyclic) bond motifs is 1. The van der Waals surface area contributed by atoms with Gasteiger partial charge in [-0.25, -0.2) is 9.21 Å². The topological polar surface area (TPSA) is 336 Å². The monoisotopic (exact) mass is 881 g/mol. The molecule has 0 radical (unpaired) electrons. The van der Waals surface area contributed by atoms with Crippen molar-refractivity contribution in [2.45, 2.75) is 86.0 Å². The molecule has 3 aromatic carbocycles. The summed E-state index contributed by atoms with van der Waals surface area (Å²) in [5.74, 6) is -3.29. The minimum atomic E-state index is -2.01. The Labute approximate surface area is 348 Å². The van der Waals surface area contributed by atoms with Gasteiger partial charge < -0.3 is 94.4 Å². The van der Waals surface area contributed by atoms with Gasteiger partial charge in [0.05, 0.1) is 30.4 Å². The van der Waals surface area contributed by atoms with Crippen LogP contribution in [-0.4, -0.2) is 173 Å². The van der Waals surface area contributed by atoms with Crippen LogP contribution in [0, 0.1) is 0 Å². The third-order valence-corrected chi connectivity index (χ3v) is 10.5. The molecule has 3 saturated heterocycles. The highest BCUT2D eigenvalue weighted by Gasteiger charge is 2.52. The summed E-state index contributed by atoms with van der Waals surface area (Å²) < 4.78 is 46.0. The van der Waals surface area contributed by atoms with Gasteiger partial charge in [-0.15, -0.1) is 0 Å². The van der Waals surface area contributed by atoms with Crippen LogP contribution in [-0.2, 0) is 28.4 Å². The van der Waals surface area contributed by atoms with E-state index in [1.54, 1.807) is 0 Å². The van der Waals surface area contributed by atoms with Gasteiger partial charge in [-0.2, -0.15) is 0 Å². The normalized spacial score (nSPS) is 33.0. The molecule has 0 spiro atoms. The van der Waals surface area contributed by atoms with Crippen LogP contribution in [0.4, 0.5) is 0 Å². The number of hydrogen-bond donors (Lipinski definition) is 12. The molecule has 4 heterocycles. The summed E-state index contributed by atoms with van der Waals surface area (Å²) in [5, 5.41) is 127. The van der Waals surface area contributed by atoms with Crippen molar-refractivity contribution >= 4 is 28.5 Å². The number of carbonyl (C=O) groups excluding carboxylic acids is 1. The van der Waals surface area contributed by atoms with E-state index in [2.05, 4.69) is 0 Å². The molecule has 0 amide bonds. The van der Waals surface area contributed by atoms with Crippen LogP contribution in [0.2, 0.25) is 5.02 Å². The molecule has 0 aliphatic carbocycles. The summed E-state index contributed by atoms with van der Waals surface area (Å²) in [6.07, 6.45) is -25.0. The second-order valence-electron chi connectivity index (χ2n) is 14.5. The molecule has 7 rings (SSSR count). The lowest BCUT2D eigenvalue weighted by Crippen LogP contribution is -2.64. The fraction of sp³-hybridized carbons (Fsp3) is 0.436. The molecule has 21 nitrogen and oxygen atoms in total. The minimum Gasteiger partial charge on any atom is -0.507 e. The van der Waals surface area contributed by atoms with Gasteiger partial charge >= 0.3 is 17.3 Å². The quantitative estimate of drug-likeness (QED) is 0.0498. The van der Waals surface area contributed by atoms with Crippen LogP contribution in [0.5, 0.6) is 28.7 Å². The van der Waals surface area contributed by atoms with Gasteiger partial charge in [0.15, 0.2) is 30.2 Å². The first-order chi connectivity index (χ1) is 29.0. The second-order valence-corrected chi connectivity index (χ2v) is 14.9. The lowest BCUT2D eigenvalue weighted by atomic mass is 9.97. The molecule has 3 fully saturated rings. The molecular weight excluding hydrogens is 840 g/mol. The smallest absolute Gasteiger partial charge is 0.402 e. The summed E-state index contributed by atoms with van der Waals surface area (Å²) in [6.45, 7) is -1.88. The third-order valence-electron chi connectivity index (χ3n) is 10.2. The van der Waals surface area contributed by atoms with Crippen LogP contribution < -0.4 is 4.74 Å². The van der Waals surface area contributed by atoms with Crippen molar-refractivity contribution < 1.29 is 104 Å². The largest absolute Gasteiger partial charge is 0.507 e. The van der Waals surface area contributed by atoms with Crippen LogP contribution >= 0.6 is 11.6 Å². The van der Waals surface area contributed by atoms with E-state index in [-0.39, 0.29) is 39.4 Å². The molecule has 330 valence electrons. The standard InChI is InChI=1S/C39H41ClO21/c40-16-4-1-14(2-5-16)36(53)54-12-25-28(47)30(49)33(52)37(59-25)56-13-26-29(48)31(50)35(61-38-32(51)27(46)22(45)11-55-38)39(60-26)58-24-10-18-20(43)8-17(41)9-23(18)57-34(24)15-3-6-19(42)21(44)7-15/h1-10,22,25-33,35,37-39,45-52H,11-13H2,(H3-,41,42,43,44)/p+1/t22-,25-,26-,27+,28-,29+,30+,31+,32-,33-,35-,37-,38+,39-/m1/s1. The molecule has 61 heavy (non-hydrogen) atoms. The number of aliphatic hydroxyl groups excluding tert-OH is 8. The van der Waals surface area contributed by atoms with E-state index < -0.39 is 129 Å². The van der Waals surface area contributed by atoms with E-state index in [0.717, 1.165) is 24.3 Å². The average molecular weight is 882 g/mol. The first-order valence-corrected chi connectivity index (χ1v) is 19.0. The van der Waals surface area contributed by atoms with Crippen molar-refractivity contribution in [3.8, 4) is 40.1 Å². The van der Waals surface area contributed by atoms with Crippen LogP contribution in [0.25, 0.3) is 22.3 Å². The minimum absolute atomic E-state index is 0.0333. The molecule has 12 N–H and O–H groups in total. The highest BCUT2D eigenvalue weighted by atomic mass is 35.5. The first kappa shape index (κ1) is 44.4. The predicted octanol–water partition coefficient (Wildman–Crippen LogP) is -0.812. The zero-order chi connectivity index (χ0) is 43.9. The van der Waals surface area contributed by atoms with Crippen molar-refractivity contribution in [3.05, 3.63) is 71.2 Å². The number of phenolic OH excluding ortho intramolecular Hbond substituents is 4. The number of esters is 1. The Bertz CT molecular complexity index is 2180. The first-order valence-electron chi connectivity index (χ1n) is 18.6. The van der Waals surface area contributed by atoms with Crippen molar-refractivity contribution in [2.24, 2.45) is 0 Å². The van der Waals surface area contributed by atoms with Crippen LogP contribution in [0.3, 0.4) is 0 Å². The predicted molar refractivity (Wildman–Crippen MR) is 201 cm³/mol. The average Bonchev–Trinajstić information content (AvgIpc) is 3.23. The number of aliphatic hydroxyl groups is 8. The van der Waals surface area contributed by atoms with Crippen molar-refractivity contribution in [1.82, 2.24) is 0 Å². The molecule has 1 aromatic heterocycles. The molecule has 0 saturated carbocycles. The SMILES string of the molecule is O=C(OC[C@H]1O[C@@H](OC[C@H]2O[C@@H](Oc3cc4c(O)cc(O)cc4[o+]c3-c3ccc(O)c(O)c3)[C@H](O[C@@H]3OC[C@@H](O)[C@H](O)[C@H]3O)[C@@H](O)[C@H]2O)[C@H](O)[C@@H](O)[C@@H]1O)c1ccc(Cl)cc1. The van der Waals surface area contributed by atoms with Crippen molar-refractivity contribution in [2.75, 3.05) is 19.8 Å². The van der Waals surface area contributed by atoms with E-state index >= 15 is 0 Å². The number of carbonyl (C=O) groups is 1. The van der Waals surface area contributed by atoms with E-state index in [9.17, 15) is 66.1 Å². The second kappa shape index (κ2) is 18.3. The summed E-state index contributed by atoms with van der Waals surface area (Å²) in [4.78, 5) is 12.6. The van der Waals surface area contributed by atoms with Gasteiger partial charge in [0, 0.05) is 23.2 Å². The molecule has 3 aliphatic rings. The highest BCUT2D eigenvalue weighted by Crippen LogP contribution is 2.43. The van der Waals surface area contributed by atoms with Gasteiger partial charge in [-0.1, -0.05) is 11.6 Å². The maximum absolute atomic E-state index is 12.6. The molecular formula is C39H42ClO21+. The Hall–Kier alpha value is -4.69. The summed E-state index contributed by atoms with van der Waals surface area (Å²) in [6, 6.07) is 12.6. The molecule has 3 aliphatic heterocycles. The molecule has 0 bridgehead atoms. The number of benzene rings is 3. The van der Waals surface area contributed by atoms with E-state index in [1.807, 2.05) is 0 Å². The number of phenols is 4. The van der Waals surface area contributed by atoms with Gasteiger partial charge in [-0.3, -0.25) is 0 Å². The van der Waals surface area contributed by atoms with Crippen molar-refractivity contribution in [1.29, 1.82) is 0 Å². The maximum Gasteiger partial charge on any atom is 0.402 e. The fourth-order valence-corrected chi connectivity index (χ4v) is 6.93. The Morgan fingerprint density at radius 3 is 2.08 bits per heavy atom. The molecule has 4 aromatic rings. The van der Waals surface area contributed by atoms with Gasteiger partial charge in [0.1, 0.15) is 84.5 Å². The summed E-state index contributed by atoms with van der Waals surface area (Å²) in [7, 11) is 0. The molecule has 14 atom stereocenters. The van der Waals surface area contributed by atoms with E-state index in [0.29, 0.717) is 5.02 Å². The van der Waals surface area contributed by atoms with Crippen LogP contribution in [0.15, 0.2) is 65.1 Å². The zero-order valence-electron chi connectivity index (χ0n) is 31.4. The lowest BCUT2D eigenvalue weighted by molar-refractivity contribution is -0.353. The molecule has 0 unspecified atom stereocenters. The molecule has 22 heteroatoms. The number of ether oxygens (including phenoxy) is 7. The lowest BCUT2D eigenvalue weighted by Gasteiger charge is -2.45. The Morgan fingerprint density at radius 1 is 0.689 bits per heavy atom. The fourth-order valence-electron chi connectivity index (χ4n) is 6.81. The van der Waals surface area contributed by atoms with E-state index in [4.69, 9.17) is 49.2 Å². The van der Waals surface area contributed by atoms with Gasteiger partial charge in [0.2, 0.25) is 12.0 Å². The summed E-state index contributed by atoms with van der Waals surface area (Å²) >= 11 is 5.87. The maximum atomic E-state index is 12.6. The number of hydrogen-bond acceptors (Lipinski definition) is 20. The number of halogens is 1. The Balaban J connectivity index is 1.16. The number of rotatable bonds is 11. The summed E-state index contributed by atoms with van der Waals surface area (Å²) in [5.41, 5.74) is 0.0861.